The van der Waals surface area contributed by atoms with Crippen molar-refractivity contribution in [1.29, 1.82) is 0 Å². The minimum absolute atomic E-state index is 0.232. The predicted octanol–water partition coefficient (Wildman–Crippen LogP) is 0.851. The Bertz CT molecular complexity index is 138. The number of hydrogen-bond donors (Lipinski definition) is 1. The van der Waals surface area contributed by atoms with Crippen LogP contribution < -0.4 is 5.43 Å². The Morgan fingerprint density at radius 1 is 1.64 bits per heavy atom. The molecule has 1 aliphatic heterocycles. The van der Waals surface area contributed by atoms with E-state index in [1.54, 1.807) is 13.6 Å². The summed E-state index contributed by atoms with van der Waals surface area (Å²) in [5, 5.41) is 1.44. The summed E-state index contributed by atoms with van der Waals surface area (Å²) in [5.74, 6) is 0. The minimum Gasteiger partial charge on any atom is -0.272 e. The van der Waals surface area contributed by atoms with Crippen molar-refractivity contribution in [3.63, 3.8) is 0 Å². The van der Waals surface area contributed by atoms with Crippen molar-refractivity contribution in [2.45, 2.75) is 19.0 Å². The zero-order valence-corrected chi connectivity index (χ0v) is 5.85. The first-order valence-corrected chi connectivity index (χ1v) is 3.04. The van der Waals surface area contributed by atoms with Crippen LogP contribution in [0.5, 0.6) is 0 Å². The molecule has 1 aliphatic rings. The fourth-order valence-corrected chi connectivity index (χ4v) is 0.822. The summed E-state index contributed by atoms with van der Waals surface area (Å²) in [6.07, 6.45) is -5.30. The summed E-state index contributed by atoms with van der Waals surface area (Å²) in [5.41, 5.74) is 2.45. The smallest absolute Gasteiger partial charge is 0.272 e. The first-order valence-electron chi connectivity index (χ1n) is 3.04. The molecule has 0 saturated carbocycles. The van der Waals surface area contributed by atoms with Crippen molar-refractivity contribution < 1.29 is 17.9 Å². The Kier molecular flexibility index (Phi) is 2.36. The fourth-order valence-electron chi connectivity index (χ4n) is 0.822. The largest absolute Gasteiger partial charge is 0.524 e. The van der Waals surface area contributed by atoms with E-state index in [0.29, 0.717) is 0 Å². The van der Waals surface area contributed by atoms with Crippen molar-refractivity contribution in [3.8, 4) is 0 Å². The molecule has 3 nitrogen and oxygen atoms in total. The normalized spacial score (nSPS) is 27.8. The summed E-state index contributed by atoms with van der Waals surface area (Å²) in [4.78, 5) is 0. The second-order valence-electron chi connectivity index (χ2n) is 2.21. The molecule has 1 rings (SSSR count). The van der Waals surface area contributed by atoms with Gasteiger partial charge in [0.1, 0.15) is 6.23 Å². The van der Waals surface area contributed by atoms with Gasteiger partial charge in [0, 0.05) is 20.0 Å². The number of hydrazine groups is 1. The van der Waals surface area contributed by atoms with Crippen LogP contribution in [0.25, 0.3) is 0 Å². The standard InChI is InChI=1S/C5H8F3N2O/c1-10-3-2-4(9-10)11-5(6,7)8/h3-4,9H,2H2,1H3. The molecule has 6 heteroatoms. The second-order valence-corrected chi connectivity index (χ2v) is 2.21. The molecule has 0 aromatic heterocycles. The molecule has 1 saturated heterocycles. The Morgan fingerprint density at radius 2 is 2.27 bits per heavy atom. The lowest BCUT2D eigenvalue weighted by atomic mass is 10.4. The summed E-state index contributed by atoms with van der Waals surface area (Å²) in [7, 11) is 1.61. The number of rotatable bonds is 1. The Hall–Kier alpha value is -0.330. The van der Waals surface area contributed by atoms with Crippen LogP contribution in [0.1, 0.15) is 6.42 Å². The van der Waals surface area contributed by atoms with Crippen LogP contribution in [0.4, 0.5) is 13.2 Å². The molecule has 1 N–H and O–H groups in total. The number of ether oxygens (including phenoxy) is 1. The molecule has 0 amide bonds. The van der Waals surface area contributed by atoms with Gasteiger partial charge in [-0.2, -0.15) is 0 Å². The molecule has 65 valence electrons. The second kappa shape index (κ2) is 2.96. The number of nitrogens with one attached hydrogen (secondary N) is 1. The van der Waals surface area contributed by atoms with Gasteiger partial charge in [-0.1, -0.05) is 0 Å². The summed E-state index contributed by atoms with van der Waals surface area (Å²) < 4.78 is 38.3. The number of nitrogens with zero attached hydrogens (tertiary/aromatic N) is 1. The molecule has 0 aromatic rings. The van der Waals surface area contributed by atoms with E-state index >= 15 is 0 Å². The molecule has 1 unspecified atom stereocenters. The van der Waals surface area contributed by atoms with E-state index in [0.717, 1.165) is 0 Å². The lowest BCUT2D eigenvalue weighted by Gasteiger charge is -2.14. The van der Waals surface area contributed by atoms with Crippen molar-refractivity contribution in [2.24, 2.45) is 0 Å². The van der Waals surface area contributed by atoms with Gasteiger partial charge >= 0.3 is 6.36 Å². The van der Waals surface area contributed by atoms with E-state index in [1.165, 1.54) is 5.01 Å². The summed E-state index contributed by atoms with van der Waals surface area (Å²) in [6, 6.07) is 0. The van der Waals surface area contributed by atoms with Crippen molar-refractivity contribution in [1.82, 2.24) is 10.4 Å². The molecule has 1 radical (unpaired) electrons. The van der Waals surface area contributed by atoms with Crippen LogP contribution >= 0.6 is 0 Å². The predicted molar refractivity (Wildman–Crippen MR) is 30.7 cm³/mol. The molecule has 1 atom stereocenters. The molecule has 0 bridgehead atoms. The van der Waals surface area contributed by atoms with E-state index in [1.807, 2.05) is 0 Å². The van der Waals surface area contributed by atoms with Crippen molar-refractivity contribution in [3.05, 3.63) is 6.54 Å². The Morgan fingerprint density at radius 3 is 2.64 bits per heavy atom. The zero-order valence-electron chi connectivity index (χ0n) is 5.85. The Labute approximate surface area is 62.1 Å². The third-order valence-corrected chi connectivity index (χ3v) is 1.22. The topological polar surface area (TPSA) is 24.5 Å². The van der Waals surface area contributed by atoms with Crippen LogP contribution in [0, 0.1) is 6.54 Å². The Balaban J connectivity index is 2.29. The summed E-state index contributed by atoms with van der Waals surface area (Å²) >= 11 is 0. The minimum atomic E-state index is -4.56. The number of hydrogen-bond acceptors (Lipinski definition) is 3. The molecular weight excluding hydrogens is 161 g/mol. The lowest BCUT2D eigenvalue weighted by molar-refractivity contribution is -0.346. The van der Waals surface area contributed by atoms with E-state index in [2.05, 4.69) is 10.2 Å². The van der Waals surface area contributed by atoms with Crippen LogP contribution in [-0.2, 0) is 4.74 Å². The zero-order chi connectivity index (χ0) is 8.48. The highest BCUT2D eigenvalue weighted by Gasteiger charge is 2.35. The molecule has 11 heavy (non-hydrogen) atoms. The monoisotopic (exact) mass is 169 g/mol. The van der Waals surface area contributed by atoms with Crippen molar-refractivity contribution in [2.75, 3.05) is 7.05 Å². The fraction of sp³-hybridized carbons (Fsp3) is 0.800. The highest BCUT2D eigenvalue weighted by atomic mass is 19.4. The molecular formula is C5H8F3N2O. The van der Waals surface area contributed by atoms with E-state index < -0.39 is 12.6 Å². The third-order valence-electron chi connectivity index (χ3n) is 1.22. The van der Waals surface area contributed by atoms with Gasteiger partial charge in [0.05, 0.1) is 0 Å². The maximum absolute atomic E-state index is 11.5. The maximum atomic E-state index is 11.5. The van der Waals surface area contributed by atoms with Gasteiger partial charge < -0.3 is 0 Å². The average Bonchev–Trinajstić information content (AvgIpc) is 2.10. The van der Waals surface area contributed by atoms with Gasteiger partial charge in [0.25, 0.3) is 0 Å². The molecule has 0 aromatic carbocycles. The molecule has 0 aliphatic carbocycles. The summed E-state index contributed by atoms with van der Waals surface area (Å²) in [6.45, 7) is 1.58. The highest BCUT2D eigenvalue weighted by Crippen LogP contribution is 2.21. The first kappa shape index (κ1) is 8.76. The average molecular weight is 169 g/mol. The van der Waals surface area contributed by atoms with Crippen molar-refractivity contribution >= 4 is 0 Å². The van der Waals surface area contributed by atoms with Crippen LogP contribution in [0.3, 0.4) is 0 Å². The number of halogens is 3. The molecule has 1 fully saturated rings. The van der Waals surface area contributed by atoms with Gasteiger partial charge in [-0.25, -0.2) is 10.4 Å². The van der Waals surface area contributed by atoms with Gasteiger partial charge in [-0.05, 0) is 0 Å². The van der Waals surface area contributed by atoms with Gasteiger partial charge in [-0.3, -0.25) is 4.74 Å². The number of alkyl halides is 3. The van der Waals surface area contributed by atoms with E-state index in [9.17, 15) is 13.2 Å². The quantitative estimate of drug-likeness (QED) is 0.629. The third kappa shape index (κ3) is 3.04. The van der Waals surface area contributed by atoms with E-state index in [-0.39, 0.29) is 6.42 Å². The van der Waals surface area contributed by atoms with Gasteiger partial charge in [-0.15, -0.1) is 13.2 Å². The first-order chi connectivity index (χ1) is 4.97. The lowest BCUT2D eigenvalue weighted by Crippen LogP contribution is -2.36. The van der Waals surface area contributed by atoms with E-state index in [4.69, 9.17) is 0 Å². The van der Waals surface area contributed by atoms with Crippen LogP contribution in [0.2, 0.25) is 0 Å². The van der Waals surface area contributed by atoms with Gasteiger partial charge in [0.15, 0.2) is 0 Å². The van der Waals surface area contributed by atoms with Crippen LogP contribution in [-0.4, -0.2) is 24.6 Å². The van der Waals surface area contributed by atoms with Gasteiger partial charge in [0.2, 0.25) is 0 Å². The maximum Gasteiger partial charge on any atom is 0.524 e. The highest BCUT2D eigenvalue weighted by molar-refractivity contribution is 4.74. The molecule has 0 spiro atoms. The molecule has 1 heterocycles. The SMILES string of the molecule is CN1[CH]CC(OC(F)(F)F)N1. The van der Waals surface area contributed by atoms with Crippen LogP contribution in [0.15, 0.2) is 0 Å².